The van der Waals surface area contributed by atoms with Gasteiger partial charge in [0.15, 0.2) is 11.6 Å². The van der Waals surface area contributed by atoms with Gasteiger partial charge in [-0.05, 0) is 30.7 Å². The van der Waals surface area contributed by atoms with E-state index >= 15 is 0 Å². The van der Waals surface area contributed by atoms with Crippen molar-refractivity contribution < 1.29 is 23.1 Å². The van der Waals surface area contributed by atoms with Crippen molar-refractivity contribution in [3.8, 4) is 0 Å². The summed E-state index contributed by atoms with van der Waals surface area (Å²) in [7, 11) is 1.59. The molecule has 156 valence electrons. The van der Waals surface area contributed by atoms with Crippen LogP contribution in [0.5, 0.6) is 0 Å². The summed E-state index contributed by atoms with van der Waals surface area (Å²) in [5, 5.41) is 2.53. The maximum atomic E-state index is 13.4. The van der Waals surface area contributed by atoms with E-state index in [0.717, 1.165) is 23.2 Å². The molecule has 0 saturated heterocycles. The summed E-state index contributed by atoms with van der Waals surface area (Å²) < 4.78 is 33.4. The monoisotopic (exact) mass is 414 g/mol. The molecule has 2 amide bonds. The molecule has 1 aromatic heterocycles. The lowest BCUT2D eigenvalue weighted by Gasteiger charge is -2.15. The zero-order chi connectivity index (χ0) is 21.3. The van der Waals surface area contributed by atoms with Gasteiger partial charge in [0.1, 0.15) is 6.04 Å². The first-order valence-electron chi connectivity index (χ1n) is 9.52. The van der Waals surface area contributed by atoms with Crippen molar-refractivity contribution in [3.05, 3.63) is 54.1 Å². The van der Waals surface area contributed by atoms with E-state index < -0.39 is 23.6 Å². The molecule has 0 fully saturated rings. The molecule has 2 aromatic carbocycles. The highest BCUT2D eigenvalue weighted by atomic mass is 19.2. The number of aromatic nitrogens is 2. The van der Waals surface area contributed by atoms with Crippen LogP contribution in [0.2, 0.25) is 0 Å². The van der Waals surface area contributed by atoms with Gasteiger partial charge in [0.05, 0.1) is 17.5 Å². The second-order valence-corrected chi connectivity index (χ2v) is 7.00. The Balaban J connectivity index is 1.60. The zero-order valence-electron chi connectivity index (χ0n) is 16.3. The molecule has 4 rings (SSSR count). The number of nitrogens with zero attached hydrogens (tertiary/aromatic N) is 3. The molecule has 1 aliphatic rings. The van der Waals surface area contributed by atoms with E-state index in [1.165, 1.54) is 6.07 Å². The quantitative estimate of drug-likeness (QED) is 0.602. The van der Waals surface area contributed by atoms with Crippen LogP contribution >= 0.6 is 0 Å². The molecule has 0 spiro atoms. The number of rotatable bonds is 7. The lowest BCUT2D eigenvalue weighted by atomic mass is 10.1. The number of halogens is 2. The van der Waals surface area contributed by atoms with Crippen LogP contribution in [-0.4, -0.2) is 41.6 Å². The predicted molar refractivity (Wildman–Crippen MR) is 107 cm³/mol. The number of para-hydroxylation sites is 2. The summed E-state index contributed by atoms with van der Waals surface area (Å²) in [6.07, 6.45) is 0.463. The molecule has 0 unspecified atom stereocenters. The van der Waals surface area contributed by atoms with Crippen LogP contribution < -0.4 is 10.2 Å². The molecule has 30 heavy (non-hydrogen) atoms. The number of imidazole rings is 1. The van der Waals surface area contributed by atoms with E-state index in [1.807, 2.05) is 24.3 Å². The van der Waals surface area contributed by atoms with Gasteiger partial charge >= 0.3 is 0 Å². The lowest BCUT2D eigenvalue weighted by Crippen LogP contribution is -2.32. The second-order valence-electron chi connectivity index (χ2n) is 7.00. The van der Waals surface area contributed by atoms with Gasteiger partial charge in [-0.25, -0.2) is 13.8 Å². The van der Waals surface area contributed by atoms with Crippen molar-refractivity contribution in [2.24, 2.45) is 0 Å². The molecule has 7 nitrogen and oxygen atoms in total. The first-order valence-corrected chi connectivity index (χ1v) is 9.52. The number of methoxy groups -OCH3 is 1. The number of benzene rings is 2. The number of ether oxygens (including phenoxy) is 1. The van der Waals surface area contributed by atoms with E-state index in [-0.39, 0.29) is 18.0 Å². The van der Waals surface area contributed by atoms with Gasteiger partial charge in [0.2, 0.25) is 11.9 Å². The molecule has 0 aliphatic carbocycles. The van der Waals surface area contributed by atoms with Crippen molar-refractivity contribution >= 4 is 34.5 Å². The first-order chi connectivity index (χ1) is 14.5. The molecular weight excluding hydrogens is 394 g/mol. The number of hydrogen-bond donors (Lipinski definition) is 1. The van der Waals surface area contributed by atoms with Crippen LogP contribution in [0.15, 0.2) is 42.5 Å². The maximum Gasteiger partial charge on any atom is 0.253 e. The Hall–Kier alpha value is -3.33. The standard InChI is InChI=1S/C21H20F2N4O3/c1-30-10-4-9-26-20(29)18(27-17-6-3-2-5-16(17)25-21(26)27)12-19(28)24-13-7-8-14(22)15(23)11-13/h2-3,5-8,11,18H,4,9-10,12H2,1H3,(H,24,28)/t18-/m1/s1. The topological polar surface area (TPSA) is 76.5 Å². The number of fused-ring (bicyclic) bond motifs is 3. The minimum atomic E-state index is -1.06. The number of anilines is 2. The second kappa shape index (κ2) is 8.19. The fourth-order valence-corrected chi connectivity index (χ4v) is 3.64. The van der Waals surface area contributed by atoms with Crippen molar-refractivity contribution in [2.75, 3.05) is 30.5 Å². The van der Waals surface area contributed by atoms with Gasteiger partial charge in [-0.3, -0.25) is 19.1 Å². The van der Waals surface area contributed by atoms with Gasteiger partial charge in [-0.1, -0.05) is 12.1 Å². The molecule has 0 saturated carbocycles. The van der Waals surface area contributed by atoms with Crippen LogP contribution in [0.25, 0.3) is 11.0 Å². The zero-order valence-corrected chi connectivity index (χ0v) is 16.3. The third kappa shape index (κ3) is 3.63. The normalized spacial score (nSPS) is 15.6. The summed E-state index contributed by atoms with van der Waals surface area (Å²) in [5.41, 5.74) is 1.60. The Kier molecular flexibility index (Phi) is 5.45. The highest BCUT2D eigenvalue weighted by Crippen LogP contribution is 2.36. The number of hydrogen-bond acceptors (Lipinski definition) is 4. The number of carbonyl (C=O) groups is 2. The Morgan fingerprint density at radius 1 is 1.20 bits per heavy atom. The van der Waals surface area contributed by atoms with Gasteiger partial charge in [-0.15, -0.1) is 0 Å². The Bertz CT molecular complexity index is 1110. The van der Waals surface area contributed by atoms with Crippen molar-refractivity contribution in [3.63, 3.8) is 0 Å². The van der Waals surface area contributed by atoms with E-state index in [4.69, 9.17) is 4.74 Å². The van der Waals surface area contributed by atoms with E-state index in [2.05, 4.69) is 10.3 Å². The van der Waals surface area contributed by atoms with Gasteiger partial charge in [0.25, 0.3) is 5.91 Å². The molecule has 0 radical (unpaired) electrons. The predicted octanol–water partition coefficient (Wildman–Crippen LogP) is 3.27. The fraction of sp³-hybridized carbons (Fsp3) is 0.286. The van der Waals surface area contributed by atoms with E-state index in [1.54, 1.807) is 16.6 Å². The highest BCUT2D eigenvalue weighted by Gasteiger charge is 2.40. The molecular formula is C21H20F2N4O3. The van der Waals surface area contributed by atoms with Crippen LogP contribution in [0.3, 0.4) is 0 Å². The highest BCUT2D eigenvalue weighted by molar-refractivity contribution is 6.05. The minimum absolute atomic E-state index is 0.122. The van der Waals surface area contributed by atoms with Crippen molar-refractivity contribution in [1.82, 2.24) is 9.55 Å². The summed E-state index contributed by atoms with van der Waals surface area (Å²) in [6.45, 7) is 0.905. The third-order valence-corrected chi connectivity index (χ3v) is 4.99. The largest absolute Gasteiger partial charge is 0.385 e. The molecule has 1 N–H and O–H groups in total. The van der Waals surface area contributed by atoms with E-state index in [9.17, 15) is 18.4 Å². The Labute approximate surface area is 171 Å². The summed E-state index contributed by atoms with van der Waals surface area (Å²) in [6, 6.07) is 9.71. The molecule has 0 bridgehead atoms. The van der Waals surface area contributed by atoms with Gasteiger partial charge in [0, 0.05) is 32.0 Å². The van der Waals surface area contributed by atoms with Crippen LogP contribution in [0.4, 0.5) is 20.4 Å². The average molecular weight is 414 g/mol. The number of nitrogens with one attached hydrogen (secondary N) is 1. The Morgan fingerprint density at radius 3 is 2.77 bits per heavy atom. The fourth-order valence-electron chi connectivity index (χ4n) is 3.64. The third-order valence-electron chi connectivity index (χ3n) is 4.99. The SMILES string of the molecule is COCCCN1C(=O)[C@@H](CC(=O)Nc2ccc(F)c(F)c2)n2c1nc1ccccc12. The molecule has 2 heterocycles. The van der Waals surface area contributed by atoms with Crippen LogP contribution in [0, 0.1) is 11.6 Å². The average Bonchev–Trinajstić information content (AvgIpc) is 3.21. The number of carbonyl (C=O) groups excluding carboxylic acids is 2. The molecule has 1 aliphatic heterocycles. The van der Waals surface area contributed by atoms with Crippen LogP contribution in [-0.2, 0) is 14.3 Å². The summed E-state index contributed by atoms with van der Waals surface area (Å²) in [5.74, 6) is -2.29. The van der Waals surface area contributed by atoms with Crippen molar-refractivity contribution in [1.29, 1.82) is 0 Å². The summed E-state index contributed by atoms with van der Waals surface area (Å²) >= 11 is 0. The summed E-state index contributed by atoms with van der Waals surface area (Å²) in [4.78, 5) is 31.8. The van der Waals surface area contributed by atoms with E-state index in [0.29, 0.717) is 25.5 Å². The van der Waals surface area contributed by atoms with Crippen molar-refractivity contribution in [2.45, 2.75) is 18.9 Å². The molecule has 1 atom stereocenters. The molecule has 9 heteroatoms. The maximum absolute atomic E-state index is 13.4. The van der Waals surface area contributed by atoms with Crippen LogP contribution in [0.1, 0.15) is 18.9 Å². The number of amides is 2. The minimum Gasteiger partial charge on any atom is -0.385 e. The van der Waals surface area contributed by atoms with Gasteiger partial charge < -0.3 is 10.1 Å². The smallest absolute Gasteiger partial charge is 0.253 e. The Morgan fingerprint density at radius 2 is 2.00 bits per heavy atom. The van der Waals surface area contributed by atoms with Gasteiger partial charge in [-0.2, -0.15) is 0 Å². The first kappa shape index (κ1) is 20.0. The lowest BCUT2D eigenvalue weighted by molar-refractivity contribution is -0.124. The molecule has 3 aromatic rings.